The van der Waals surface area contributed by atoms with E-state index in [1.807, 2.05) is 27.7 Å². The number of pyridine rings is 1. The highest BCUT2D eigenvalue weighted by molar-refractivity contribution is 7.84. The van der Waals surface area contributed by atoms with E-state index in [0.29, 0.717) is 42.0 Å². The first-order valence-corrected chi connectivity index (χ1v) is 18.5. The highest BCUT2D eigenvalue weighted by Crippen LogP contribution is 2.25. The molecule has 3 atom stereocenters. The van der Waals surface area contributed by atoms with Gasteiger partial charge in [-0.3, -0.25) is 28.7 Å². The molecule has 51 heavy (non-hydrogen) atoms. The van der Waals surface area contributed by atoms with Crippen LogP contribution in [0.3, 0.4) is 0 Å². The minimum atomic E-state index is -1.16. The zero-order valence-electron chi connectivity index (χ0n) is 31.5. The fourth-order valence-corrected chi connectivity index (χ4v) is 5.22. The second-order valence-electron chi connectivity index (χ2n) is 13.3. The molecule has 3 unspecified atom stereocenters. The number of nitrogens with two attached hydrogens (primary N) is 1. The van der Waals surface area contributed by atoms with Crippen molar-refractivity contribution in [1.82, 2.24) is 19.9 Å². The number of aromatic amines is 1. The number of hydrogen-bond donors (Lipinski definition) is 4. The van der Waals surface area contributed by atoms with Crippen LogP contribution in [0.15, 0.2) is 41.8 Å². The molecule has 4 amide bonds. The number of H-pyrrole nitrogens is 1. The van der Waals surface area contributed by atoms with E-state index in [1.165, 1.54) is 4.90 Å². The Bertz CT molecular complexity index is 1490. The summed E-state index contributed by atoms with van der Waals surface area (Å²) in [7, 11) is 2.10. The van der Waals surface area contributed by atoms with Gasteiger partial charge in [0.15, 0.2) is 0 Å². The zero-order valence-corrected chi connectivity index (χ0v) is 33.1. The van der Waals surface area contributed by atoms with Gasteiger partial charge >= 0.3 is 0 Å². The molecule has 5 N–H and O–H groups in total. The normalized spacial score (nSPS) is 15.8. The number of rotatable bonds is 10. The minimum absolute atomic E-state index is 0.0417. The number of primary amides is 1. The highest BCUT2D eigenvalue weighted by atomic mass is 35.5. The van der Waals surface area contributed by atoms with Crippen molar-refractivity contribution >= 4 is 57.5 Å². The van der Waals surface area contributed by atoms with E-state index in [-0.39, 0.29) is 40.7 Å². The van der Waals surface area contributed by atoms with Crippen molar-refractivity contribution in [1.29, 1.82) is 0 Å². The second-order valence-corrected chi connectivity index (χ2v) is 15.2. The fourth-order valence-electron chi connectivity index (χ4n) is 3.97. The summed E-state index contributed by atoms with van der Waals surface area (Å²) in [6.07, 6.45) is 7.63. The summed E-state index contributed by atoms with van der Waals surface area (Å²) in [5.74, 6) is 0.349. The number of carbonyl (C=O) groups excluding carboxylic acids is 4. The number of hydrogen-bond acceptors (Lipinski definition) is 8. The zero-order chi connectivity index (χ0) is 39.3. The molecule has 288 valence electrons. The van der Waals surface area contributed by atoms with Crippen molar-refractivity contribution in [3.05, 3.63) is 52.4 Å². The molecule has 2 heterocycles. The monoisotopic (exact) mass is 755 g/mol. The predicted octanol–water partition coefficient (Wildman–Crippen LogP) is 4.63. The number of benzene rings is 1. The van der Waals surface area contributed by atoms with E-state index in [0.717, 1.165) is 30.6 Å². The Morgan fingerprint density at radius 3 is 2.20 bits per heavy atom. The van der Waals surface area contributed by atoms with Crippen LogP contribution in [0, 0.1) is 11.8 Å². The van der Waals surface area contributed by atoms with Gasteiger partial charge in [0.2, 0.25) is 24.1 Å². The molecule has 2 fully saturated rings. The number of carbonyl (C=O) groups is 4. The van der Waals surface area contributed by atoms with E-state index < -0.39 is 22.9 Å². The molecule has 0 radical (unpaired) electrons. The SMILES string of the molecule is C=CC(CC)C(=O)NS(=O)C1CC1.CC(C)C.COC(C)(C)C.COc1c[nH]c(=O)c2cc(Cl)ccc12.NC(=O)C1CCCN1C(=O)CNC=O. The van der Waals surface area contributed by atoms with Crippen LogP contribution in [-0.2, 0) is 34.9 Å². The first kappa shape index (κ1) is 47.2. The fraction of sp³-hybridized carbons (Fsp3) is 0.583. The van der Waals surface area contributed by atoms with Crippen LogP contribution in [-0.4, -0.2) is 82.4 Å². The Morgan fingerprint density at radius 2 is 1.75 bits per heavy atom. The summed E-state index contributed by atoms with van der Waals surface area (Å²) in [6.45, 7) is 18.5. The third kappa shape index (κ3) is 19.4. The Kier molecular flexibility index (Phi) is 22.6. The summed E-state index contributed by atoms with van der Waals surface area (Å²) in [5, 5.41) is 4.30. The molecule has 1 aliphatic heterocycles. The predicted molar refractivity (Wildman–Crippen MR) is 205 cm³/mol. The van der Waals surface area contributed by atoms with E-state index in [4.69, 9.17) is 26.8 Å². The van der Waals surface area contributed by atoms with E-state index in [1.54, 1.807) is 44.7 Å². The average molecular weight is 756 g/mol. The summed E-state index contributed by atoms with van der Waals surface area (Å²) < 4.78 is 23.8. The van der Waals surface area contributed by atoms with Crippen molar-refractivity contribution in [3.63, 3.8) is 0 Å². The number of methoxy groups -OCH3 is 2. The largest absolute Gasteiger partial charge is 0.495 e. The van der Waals surface area contributed by atoms with Gasteiger partial charge < -0.3 is 30.4 Å². The number of amides is 4. The van der Waals surface area contributed by atoms with Crippen LogP contribution in [0.5, 0.6) is 5.75 Å². The number of fused-ring (bicyclic) bond motifs is 1. The van der Waals surface area contributed by atoms with Gasteiger partial charge in [-0.05, 0) is 77.0 Å². The van der Waals surface area contributed by atoms with Gasteiger partial charge in [-0.1, -0.05) is 45.4 Å². The molecular weight excluding hydrogens is 698 g/mol. The number of aromatic nitrogens is 1. The number of nitrogens with zero attached hydrogens (tertiary/aromatic N) is 1. The van der Waals surface area contributed by atoms with Gasteiger partial charge in [0.05, 0.1) is 35.8 Å². The van der Waals surface area contributed by atoms with E-state index in [2.05, 4.69) is 42.4 Å². The molecule has 1 aromatic carbocycles. The van der Waals surface area contributed by atoms with Crippen molar-refractivity contribution in [2.75, 3.05) is 27.3 Å². The lowest BCUT2D eigenvalue weighted by Gasteiger charge is -2.21. The van der Waals surface area contributed by atoms with Gasteiger partial charge in [-0.25, -0.2) is 4.21 Å². The molecule has 0 spiro atoms. The number of ether oxygens (including phenoxy) is 2. The lowest BCUT2D eigenvalue weighted by molar-refractivity contribution is -0.137. The van der Waals surface area contributed by atoms with Crippen molar-refractivity contribution < 1.29 is 32.9 Å². The van der Waals surface area contributed by atoms with Crippen LogP contribution in [0.25, 0.3) is 10.8 Å². The average Bonchev–Trinajstić information content (AvgIpc) is 3.80. The summed E-state index contributed by atoms with van der Waals surface area (Å²) in [4.78, 5) is 59.1. The van der Waals surface area contributed by atoms with Crippen LogP contribution >= 0.6 is 11.6 Å². The summed E-state index contributed by atoms with van der Waals surface area (Å²) >= 11 is 5.79. The minimum Gasteiger partial charge on any atom is -0.495 e. The second kappa shape index (κ2) is 24.4. The quantitative estimate of drug-likeness (QED) is 0.199. The number of nitrogens with one attached hydrogen (secondary N) is 3. The standard InChI is InChI=1S/C10H8ClNO2.C9H15NO2S.C8H13N3O3.C5H12O.C4H10/c1-14-9-5-12-10(13)8-4-6(11)2-3-7(8)9;1-3-7(4-2)9(11)10-13(12)8-5-6-8;9-8(14)6-2-1-3-11(6)7(13)4-10-5-12;1-5(2,3)6-4;1-4(2)3/h2-5H,1H3,(H,12,13);3,7-8H,1,4-6H2,2H3,(H,10,11);5-6H,1-4H2,(H2,9,14)(H,10,12);1-4H3;4H,1-3H3. The van der Waals surface area contributed by atoms with Crippen molar-refractivity contribution in [2.24, 2.45) is 17.6 Å². The maximum absolute atomic E-state index is 11.4. The molecule has 1 aromatic heterocycles. The maximum Gasteiger partial charge on any atom is 0.256 e. The molecule has 13 nitrogen and oxygen atoms in total. The Labute approximate surface area is 310 Å². The lowest BCUT2D eigenvalue weighted by atomic mass is 10.1. The third-order valence-electron chi connectivity index (χ3n) is 6.99. The van der Waals surface area contributed by atoms with Gasteiger partial charge in [-0.2, -0.15) is 0 Å². The molecule has 4 rings (SSSR count). The van der Waals surface area contributed by atoms with Crippen LogP contribution < -0.4 is 26.1 Å². The van der Waals surface area contributed by atoms with Crippen LogP contribution in [0.2, 0.25) is 5.02 Å². The first-order chi connectivity index (χ1) is 23.9. The van der Waals surface area contributed by atoms with Gasteiger partial charge in [0, 0.05) is 30.3 Å². The van der Waals surface area contributed by atoms with Crippen LogP contribution in [0.4, 0.5) is 0 Å². The van der Waals surface area contributed by atoms with E-state index >= 15 is 0 Å². The van der Waals surface area contributed by atoms with Crippen molar-refractivity contribution in [3.8, 4) is 5.75 Å². The molecule has 0 bridgehead atoms. The lowest BCUT2D eigenvalue weighted by Crippen LogP contribution is -2.46. The molecule has 1 saturated carbocycles. The van der Waals surface area contributed by atoms with Crippen LogP contribution in [0.1, 0.15) is 80.6 Å². The van der Waals surface area contributed by atoms with Gasteiger partial charge in [0.1, 0.15) is 22.8 Å². The Hall–Kier alpha value is -3.75. The molecule has 2 aromatic rings. The number of halogens is 1. The first-order valence-electron chi connectivity index (χ1n) is 16.9. The molecule has 15 heteroatoms. The topological polar surface area (TPSA) is 190 Å². The molecule has 2 aliphatic rings. The van der Waals surface area contributed by atoms with Crippen molar-refractivity contribution in [2.45, 2.75) is 97.5 Å². The molecule has 1 aliphatic carbocycles. The summed E-state index contributed by atoms with van der Waals surface area (Å²) in [5.41, 5.74) is 5.01. The maximum atomic E-state index is 11.4. The van der Waals surface area contributed by atoms with E-state index in [9.17, 15) is 28.2 Å². The third-order valence-corrected chi connectivity index (χ3v) is 8.70. The highest BCUT2D eigenvalue weighted by Gasteiger charge is 2.32. The summed E-state index contributed by atoms with van der Waals surface area (Å²) in [6, 6.07) is 4.62. The van der Waals surface area contributed by atoms with Gasteiger partial charge in [-0.15, -0.1) is 6.58 Å². The Balaban J connectivity index is 0.000000650. The van der Waals surface area contributed by atoms with Gasteiger partial charge in [0.25, 0.3) is 5.56 Å². The molecule has 1 saturated heterocycles. The molecular formula is C36H58ClN5O8S. The smallest absolute Gasteiger partial charge is 0.256 e. The Morgan fingerprint density at radius 1 is 1.16 bits per heavy atom. The number of likely N-dealkylation sites (tertiary alicyclic amines) is 1.